The summed E-state index contributed by atoms with van der Waals surface area (Å²) in [5, 5.41) is 11.0. The highest BCUT2D eigenvalue weighted by Crippen LogP contribution is 2.31. The van der Waals surface area contributed by atoms with Gasteiger partial charge in [0.2, 0.25) is 0 Å². The predicted octanol–water partition coefficient (Wildman–Crippen LogP) is 2.36. The van der Waals surface area contributed by atoms with Gasteiger partial charge in [0.15, 0.2) is 0 Å². The smallest absolute Gasteiger partial charge is 0.325 e. The van der Waals surface area contributed by atoms with Crippen molar-refractivity contribution < 1.29 is 14.5 Å². The van der Waals surface area contributed by atoms with Gasteiger partial charge in [-0.1, -0.05) is 15.9 Å². The van der Waals surface area contributed by atoms with Gasteiger partial charge in [-0.15, -0.1) is 0 Å². The number of nitro benzene ring substituents is 1. The van der Waals surface area contributed by atoms with Crippen LogP contribution in [0.25, 0.3) is 0 Å². The maximum absolute atomic E-state index is 11.3. The monoisotopic (exact) mass is 316 g/mol. The van der Waals surface area contributed by atoms with E-state index in [9.17, 15) is 14.9 Å². The van der Waals surface area contributed by atoms with Crippen LogP contribution in [0.4, 0.5) is 11.4 Å². The molecule has 7 heteroatoms. The lowest BCUT2D eigenvalue weighted by atomic mass is 10.2. The first-order chi connectivity index (χ1) is 8.49. The number of rotatable bonds is 5. The highest BCUT2D eigenvalue weighted by Gasteiger charge is 2.20. The van der Waals surface area contributed by atoms with E-state index in [1.165, 1.54) is 13.2 Å². The van der Waals surface area contributed by atoms with Crippen LogP contribution >= 0.6 is 15.9 Å². The van der Waals surface area contributed by atoms with E-state index in [1.807, 2.05) is 6.92 Å². The molecule has 0 spiro atoms. The second-order valence-electron chi connectivity index (χ2n) is 3.48. The van der Waals surface area contributed by atoms with Crippen molar-refractivity contribution in [3.05, 3.63) is 32.8 Å². The SMILES string of the molecule is CCN(CC(=O)OC)c1cc(Br)ccc1[N+](=O)[O-]. The number of likely N-dealkylation sites (N-methyl/N-ethyl adjacent to an activating group) is 1. The number of halogens is 1. The summed E-state index contributed by atoms with van der Waals surface area (Å²) in [5.41, 5.74) is 0.353. The average molecular weight is 317 g/mol. The molecule has 0 N–H and O–H groups in total. The summed E-state index contributed by atoms with van der Waals surface area (Å²) in [6.07, 6.45) is 0. The van der Waals surface area contributed by atoms with E-state index >= 15 is 0 Å². The minimum absolute atomic E-state index is 0.0235. The van der Waals surface area contributed by atoms with Crippen LogP contribution in [0.2, 0.25) is 0 Å². The molecule has 0 saturated heterocycles. The number of hydrogen-bond donors (Lipinski definition) is 0. The first-order valence-electron chi connectivity index (χ1n) is 5.25. The molecule has 0 unspecified atom stereocenters. The summed E-state index contributed by atoms with van der Waals surface area (Å²) in [6, 6.07) is 4.61. The van der Waals surface area contributed by atoms with Gasteiger partial charge in [0.1, 0.15) is 12.2 Å². The molecule has 0 atom stereocenters. The first-order valence-corrected chi connectivity index (χ1v) is 6.04. The second kappa shape index (κ2) is 6.34. The molecule has 0 fully saturated rings. The van der Waals surface area contributed by atoms with Gasteiger partial charge in [-0.3, -0.25) is 14.9 Å². The number of hydrogen-bond acceptors (Lipinski definition) is 5. The molecule has 0 amide bonds. The maximum atomic E-state index is 11.3. The maximum Gasteiger partial charge on any atom is 0.325 e. The van der Waals surface area contributed by atoms with E-state index in [0.717, 1.165) is 0 Å². The van der Waals surface area contributed by atoms with Crippen molar-refractivity contribution in [2.24, 2.45) is 0 Å². The third kappa shape index (κ3) is 3.43. The highest BCUT2D eigenvalue weighted by atomic mass is 79.9. The molecule has 98 valence electrons. The molecule has 0 aliphatic rings. The van der Waals surface area contributed by atoms with Gasteiger partial charge in [-0.05, 0) is 19.1 Å². The summed E-state index contributed by atoms with van der Waals surface area (Å²) in [7, 11) is 1.28. The molecule has 0 radical (unpaired) electrons. The van der Waals surface area contributed by atoms with Crippen molar-refractivity contribution in [2.45, 2.75) is 6.92 Å². The molecule has 0 aliphatic carbocycles. The van der Waals surface area contributed by atoms with E-state index in [1.54, 1.807) is 17.0 Å². The Hall–Kier alpha value is -1.63. The number of carbonyl (C=O) groups is 1. The average Bonchev–Trinajstić information content (AvgIpc) is 2.35. The molecule has 18 heavy (non-hydrogen) atoms. The number of nitrogens with zero attached hydrogens (tertiary/aromatic N) is 2. The van der Waals surface area contributed by atoms with Crippen LogP contribution in [0.1, 0.15) is 6.92 Å². The normalized spacial score (nSPS) is 9.94. The van der Waals surface area contributed by atoms with Crippen LogP contribution < -0.4 is 4.90 Å². The molecule has 1 aromatic rings. The van der Waals surface area contributed by atoms with E-state index in [0.29, 0.717) is 16.7 Å². The van der Waals surface area contributed by atoms with E-state index in [-0.39, 0.29) is 12.2 Å². The van der Waals surface area contributed by atoms with Gasteiger partial charge in [0.05, 0.1) is 12.0 Å². The fraction of sp³-hybridized carbons (Fsp3) is 0.364. The van der Waals surface area contributed by atoms with Crippen molar-refractivity contribution in [1.82, 2.24) is 0 Å². The van der Waals surface area contributed by atoms with Gasteiger partial charge < -0.3 is 9.64 Å². The number of carbonyl (C=O) groups excluding carboxylic acids is 1. The summed E-state index contributed by atoms with van der Waals surface area (Å²) >= 11 is 3.26. The molecule has 0 aromatic heterocycles. The lowest BCUT2D eigenvalue weighted by Crippen LogP contribution is -2.30. The van der Waals surface area contributed by atoms with Crippen molar-refractivity contribution in [3.63, 3.8) is 0 Å². The predicted molar refractivity (Wildman–Crippen MR) is 70.7 cm³/mol. The first kappa shape index (κ1) is 14.4. The molecule has 0 bridgehead atoms. The summed E-state index contributed by atoms with van der Waals surface area (Å²) in [5.74, 6) is -0.439. The largest absolute Gasteiger partial charge is 0.468 e. The Morgan fingerprint density at radius 1 is 1.56 bits per heavy atom. The lowest BCUT2D eigenvalue weighted by molar-refractivity contribution is -0.384. The van der Waals surface area contributed by atoms with Crippen LogP contribution in [0.5, 0.6) is 0 Å². The highest BCUT2D eigenvalue weighted by molar-refractivity contribution is 9.10. The molecule has 0 aliphatic heterocycles. The Balaban J connectivity index is 3.14. The minimum Gasteiger partial charge on any atom is -0.468 e. The van der Waals surface area contributed by atoms with Crippen LogP contribution in [-0.2, 0) is 9.53 Å². The number of esters is 1. The lowest BCUT2D eigenvalue weighted by Gasteiger charge is -2.21. The van der Waals surface area contributed by atoms with Gasteiger partial charge in [0.25, 0.3) is 5.69 Å². The van der Waals surface area contributed by atoms with Crippen molar-refractivity contribution in [2.75, 3.05) is 25.1 Å². The Morgan fingerprint density at radius 3 is 2.72 bits per heavy atom. The third-order valence-corrected chi connectivity index (χ3v) is 2.90. The summed E-state index contributed by atoms with van der Waals surface area (Å²) < 4.78 is 5.29. The van der Waals surface area contributed by atoms with Crippen LogP contribution in [0, 0.1) is 10.1 Å². The Labute approximate surface area is 113 Å². The minimum atomic E-state index is -0.471. The number of ether oxygens (including phenoxy) is 1. The molecule has 0 heterocycles. The van der Waals surface area contributed by atoms with Gasteiger partial charge in [-0.25, -0.2) is 0 Å². The van der Waals surface area contributed by atoms with Crippen molar-refractivity contribution in [3.8, 4) is 0 Å². The van der Waals surface area contributed by atoms with E-state index < -0.39 is 10.9 Å². The fourth-order valence-corrected chi connectivity index (χ4v) is 1.84. The van der Waals surface area contributed by atoms with Crippen LogP contribution in [0.3, 0.4) is 0 Å². The topological polar surface area (TPSA) is 72.7 Å². The number of benzene rings is 1. The zero-order chi connectivity index (χ0) is 13.7. The Morgan fingerprint density at radius 2 is 2.22 bits per heavy atom. The molecule has 1 rings (SSSR count). The summed E-state index contributed by atoms with van der Waals surface area (Å²) in [6.45, 7) is 2.25. The van der Waals surface area contributed by atoms with E-state index in [2.05, 4.69) is 20.7 Å². The van der Waals surface area contributed by atoms with Crippen molar-refractivity contribution >= 4 is 33.3 Å². The van der Waals surface area contributed by atoms with Gasteiger partial charge in [-0.2, -0.15) is 0 Å². The van der Waals surface area contributed by atoms with Gasteiger partial charge in [0, 0.05) is 17.1 Å². The number of anilines is 1. The number of methoxy groups -OCH3 is 1. The standard InChI is InChI=1S/C11H13BrN2O4/c1-3-13(7-11(15)18-2)10-6-8(12)4-5-9(10)14(16)17/h4-6H,3,7H2,1-2H3. The van der Waals surface area contributed by atoms with Crippen LogP contribution in [-0.4, -0.2) is 31.1 Å². The van der Waals surface area contributed by atoms with Crippen LogP contribution in [0.15, 0.2) is 22.7 Å². The molecule has 1 aromatic carbocycles. The molecule has 0 saturated carbocycles. The Bertz CT molecular complexity index is 464. The Kier molecular flexibility index (Phi) is 5.08. The molecular formula is C11H13BrN2O4. The zero-order valence-corrected chi connectivity index (χ0v) is 11.6. The molecule has 6 nitrogen and oxygen atoms in total. The van der Waals surface area contributed by atoms with Crippen molar-refractivity contribution in [1.29, 1.82) is 0 Å². The number of nitro groups is 1. The quantitative estimate of drug-likeness (QED) is 0.473. The summed E-state index contributed by atoms with van der Waals surface area (Å²) in [4.78, 5) is 23.4. The van der Waals surface area contributed by atoms with E-state index in [4.69, 9.17) is 0 Å². The van der Waals surface area contributed by atoms with Gasteiger partial charge >= 0.3 is 5.97 Å². The third-order valence-electron chi connectivity index (χ3n) is 2.40. The zero-order valence-electron chi connectivity index (χ0n) is 10.1. The fourth-order valence-electron chi connectivity index (χ4n) is 1.49. The second-order valence-corrected chi connectivity index (χ2v) is 4.40. The molecular weight excluding hydrogens is 304 g/mol.